The number of pyridine rings is 1. The number of nitrogens with zero attached hydrogens (tertiary/aromatic N) is 1. The zero-order chi connectivity index (χ0) is 21.3. The number of rotatable bonds is 7. The van der Waals surface area contributed by atoms with Crippen molar-refractivity contribution in [3.8, 4) is 11.6 Å². The van der Waals surface area contributed by atoms with Gasteiger partial charge in [-0.1, -0.05) is 37.9 Å². The molecule has 1 aromatic heterocycles. The van der Waals surface area contributed by atoms with Crippen LogP contribution in [-0.4, -0.2) is 23.5 Å². The van der Waals surface area contributed by atoms with Crippen LogP contribution in [0.3, 0.4) is 0 Å². The molecule has 0 fully saturated rings. The summed E-state index contributed by atoms with van der Waals surface area (Å²) in [6.45, 7) is 0.200. The standard InChI is InChI=1S/C21H18Br2N4O3/c22-14-4-6-16(7-5-14)27-21(29)24-11-10-19(28)26-17-8-9-20(25-13-17)30-18-3-1-2-15(23)12-18/h1-9,12-13H,10-11H2,(H,26,28)(H2,24,27,29). The Morgan fingerprint density at radius 2 is 1.67 bits per heavy atom. The van der Waals surface area contributed by atoms with Crippen molar-refractivity contribution in [1.82, 2.24) is 10.3 Å². The lowest BCUT2D eigenvalue weighted by molar-refractivity contribution is -0.116. The molecule has 0 aliphatic heterocycles. The number of anilines is 2. The molecule has 9 heteroatoms. The van der Waals surface area contributed by atoms with Crippen molar-refractivity contribution in [1.29, 1.82) is 0 Å². The Hall–Kier alpha value is -2.91. The normalized spacial score (nSPS) is 10.2. The SMILES string of the molecule is O=C(CCNC(=O)Nc1ccc(Br)cc1)Nc1ccc(Oc2cccc(Br)c2)nc1. The Kier molecular flexibility index (Phi) is 7.81. The molecule has 7 nitrogen and oxygen atoms in total. The van der Waals surface area contributed by atoms with E-state index in [0.29, 0.717) is 23.0 Å². The molecule has 0 saturated carbocycles. The summed E-state index contributed by atoms with van der Waals surface area (Å²) in [4.78, 5) is 28.1. The second kappa shape index (κ2) is 10.7. The average Bonchev–Trinajstić information content (AvgIpc) is 2.71. The Balaban J connectivity index is 1.40. The highest BCUT2D eigenvalue weighted by Crippen LogP contribution is 2.23. The molecule has 0 aliphatic rings. The van der Waals surface area contributed by atoms with Gasteiger partial charge in [-0.25, -0.2) is 9.78 Å². The van der Waals surface area contributed by atoms with E-state index in [9.17, 15) is 9.59 Å². The minimum absolute atomic E-state index is 0.129. The van der Waals surface area contributed by atoms with Gasteiger partial charge in [0, 0.05) is 33.7 Å². The van der Waals surface area contributed by atoms with Crippen molar-refractivity contribution < 1.29 is 14.3 Å². The van der Waals surface area contributed by atoms with Gasteiger partial charge in [-0.3, -0.25) is 4.79 Å². The van der Waals surface area contributed by atoms with Gasteiger partial charge in [-0.05, 0) is 48.5 Å². The molecule has 3 amide bonds. The van der Waals surface area contributed by atoms with Crippen molar-refractivity contribution in [3.63, 3.8) is 0 Å². The van der Waals surface area contributed by atoms with Gasteiger partial charge in [0.25, 0.3) is 0 Å². The molecule has 0 radical (unpaired) electrons. The number of amides is 3. The summed E-state index contributed by atoms with van der Waals surface area (Å²) in [7, 11) is 0. The lowest BCUT2D eigenvalue weighted by Crippen LogP contribution is -2.31. The number of carbonyl (C=O) groups is 2. The predicted molar refractivity (Wildman–Crippen MR) is 123 cm³/mol. The molecular formula is C21H18Br2N4O3. The third-order valence-corrected chi connectivity index (χ3v) is 4.80. The maximum Gasteiger partial charge on any atom is 0.319 e. The topological polar surface area (TPSA) is 92.4 Å². The molecule has 0 aliphatic carbocycles. The minimum Gasteiger partial charge on any atom is -0.439 e. The summed E-state index contributed by atoms with van der Waals surface area (Å²) in [6, 6.07) is 17.6. The van der Waals surface area contributed by atoms with Crippen molar-refractivity contribution in [2.24, 2.45) is 0 Å². The summed E-state index contributed by atoms with van der Waals surface area (Å²) in [6.07, 6.45) is 1.64. The fraction of sp³-hybridized carbons (Fsp3) is 0.0952. The average molecular weight is 534 g/mol. The summed E-state index contributed by atoms with van der Waals surface area (Å²) < 4.78 is 7.48. The molecule has 0 atom stereocenters. The molecule has 3 aromatic rings. The van der Waals surface area contributed by atoms with E-state index >= 15 is 0 Å². The Morgan fingerprint density at radius 3 is 2.37 bits per heavy atom. The highest BCUT2D eigenvalue weighted by molar-refractivity contribution is 9.10. The molecule has 154 valence electrons. The van der Waals surface area contributed by atoms with E-state index in [4.69, 9.17) is 4.74 Å². The van der Waals surface area contributed by atoms with E-state index in [1.165, 1.54) is 6.20 Å². The van der Waals surface area contributed by atoms with E-state index in [1.807, 2.05) is 36.4 Å². The number of aromatic nitrogens is 1. The van der Waals surface area contributed by atoms with Gasteiger partial charge in [0.05, 0.1) is 11.9 Å². The molecule has 0 unspecified atom stereocenters. The third kappa shape index (κ3) is 7.16. The van der Waals surface area contributed by atoms with E-state index in [2.05, 4.69) is 52.8 Å². The van der Waals surface area contributed by atoms with Gasteiger partial charge in [0.15, 0.2) is 0 Å². The molecule has 1 heterocycles. The van der Waals surface area contributed by atoms with E-state index < -0.39 is 0 Å². The fourth-order valence-electron chi connectivity index (χ4n) is 2.39. The number of carbonyl (C=O) groups excluding carboxylic acids is 2. The van der Waals surface area contributed by atoms with E-state index in [0.717, 1.165) is 8.95 Å². The predicted octanol–water partition coefficient (Wildman–Crippen LogP) is 5.55. The first-order valence-corrected chi connectivity index (χ1v) is 10.6. The number of ether oxygens (including phenoxy) is 1. The van der Waals surface area contributed by atoms with Gasteiger partial charge < -0.3 is 20.7 Å². The van der Waals surface area contributed by atoms with Crippen molar-refractivity contribution >= 4 is 55.2 Å². The highest BCUT2D eigenvalue weighted by atomic mass is 79.9. The molecular weight excluding hydrogens is 516 g/mol. The summed E-state index contributed by atoms with van der Waals surface area (Å²) in [5.74, 6) is 0.833. The summed E-state index contributed by atoms with van der Waals surface area (Å²) >= 11 is 6.71. The second-order valence-corrected chi connectivity index (χ2v) is 7.96. The molecule has 0 bridgehead atoms. The van der Waals surface area contributed by atoms with Gasteiger partial charge in [0.2, 0.25) is 11.8 Å². The molecule has 0 spiro atoms. The van der Waals surface area contributed by atoms with E-state index in [-0.39, 0.29) is 24.9 Å². The molecule has 3 N–H and O–H groups in total. The van der Waals surface area contributed by atoms with Gasteiger partial charge >= 0.3 is 6.03 Å². The van der Waals surface area contributed by atoms with Crippen LogP contribution in [0.5, 0.6) is 11.6 Å². The maximum atomic E-state index is 12.1. The maximum absolute atomic E-state index is 12.1. The minimum atomic E-state index is -0.374. The molecule has 3 rings (SSSR count). The number of halogens is 2. The van der Waals surface area contributed by atoms with Gasteiger partial charge in [0.1, 0.15) is 5.75 Å². The van der Waals surface area contributed by atoms with Crippen molar-refractivity contribution in [2.45, 2.75) is 6.42 Å². The van der Waals surface area contributed by atoms with E-state index in [1.54, 1.807) is 24.3 Å². The summed E-state index contributed by atoms with van der Waals surface area (Å²) in [5, 5.41) is 8.06. The Labute approximate surface area is 190 Å². The lowest BCUT2D eigenvalue weighted by Gasteiger charge is -2.09. The number of hydrogen-bond acceptors (Lipinski definition) is 4. The zero-order valence-electron chi connectivity index (χ0n) is 15.7. The second-order valence-electron chi connectivity index (χ2n) is 6.13. The largest absolute Gasteiger partial charge is 0.439 e. The monoisotopic (exact) mass is 532 g/mol. The van der Waals surface area contributed by atoms with Crippen LogP contribution in [0.25, 0.3) is 0 Å². The number of urea groups is 1. The number of hydrogen-bond donors (Lipinski definition) is 3. The van der Waals surface area contributed by atoms with Gasteiger partial charge in [-0.2, -0.15) is 0 Å². The molecule has 2 aromatic carbocycles. The third-order valence-electron chi connectivity index (χ3n) is 3.78. The lowest BCUT2D eigenvalue weighted by atomic mass is 10.3. The first-order valence-electron chi connectivity index (χ1n) is 8.98. The van der Waals surface area contributed by atoms with Crippen LogP contribution in [0.15, 0.2) is 75.8 Å². The van der Waals surface area contributed by atoms with Crippen LogP contribution in [0, 0.1) is 0 Å². The van der Waals surface area contributed by atoms with Crippen molar-refractivity contribution in [3.05, 3.63) is 75.8 Å². The molecule has 30 heavy (non-hydrogen) atoms. The van der Waals surface area contributed by atoms with Crippen LogP contribution >= 0.6 is 31.9 Å². The smallest absolute Gasteiger partial charge is 0.319 e. The Morgan fingerprint density at radius 1 is 0.900 bits per heavy atom. The fourth-order valence-corrected chi connectivity index (χ4v) is 3.03. The number of benzene rings is 2. The summed E-state index contributed by atoms with van der Waals surface area (Å²) in [5.41, 5.74) is 1.21. The van der Waals surface area contributed by atoms with Crippen LogP contribution in [0.1, 0.15) is 6.42 Å². The van der Waals surface area contributed by atoms with Crippen LogP contribution in [0.2, 0.25) is 0 Å². The van der Waals surface area contributed by atoms with Crippen LogP contribution < -0.4 is 20.7 Å². The Bertz CT molecular complexity index is 1010. The van der Waals surface area contributed by atoms with Gasteiger partial charge in [-0.15, -0.1) is 0 Å². The zero-order valence-corrected chi connectivity index (χ0v) is 18.9. The first-order chi connectivity index (χ1) is 14.5. The molecule has 0 saturated heterocycles. The highest BCUT2D eigenvalue weighted by Gasteiger charge is 2.06. The van der Waals surface area contributed by atoms with Crippen LogP contribution in [0.4, 0.5) is 16.2 Å². The van der Waals surface area contributed by atoms with Crippen LogP contribution in [-0.2, 0) is 4.79 Å². The number of nitrogens with one attached hydrogen (secondary N) is 3. The van der Waals surface area contributed by atoms with Crippen molar-refractivity contribution in [2.75, 3.05) is 17.2 Å². The first kappa shape index (κ1) is 21.8. The quantitative estimate of drug-likeness (QED) is 0.371.